The number of ether oxygens (including phenoxy) is 3. The van der Waals surface area contributed by atoms with E-state index in [2.05, 4.69) is 6.92 Å². The molecule has 2 heterocycles. The molecule has 4 rings (SSSR count). The van der Waals surface area contributed by atoms with Gasteiger partial charge in [-0.25, -0.2) is 0 Å². The van der Waals surface area contributed by atoms with Gasteiger partial charge >= 0.3 is 0 Å². The Morgan fingerprint density at radius 3 is 2.24 bits per heavy atom. The van der Waals surface area contributed by atoms with Crippen LogP contribution in [0, 0.1) is 5.92 Å². The van der Waals surface area contributed by atoms with Crippen molar-refractivity contribution in [2.24, 2.45) is 5.92 Å². The monoisotopic (exact) mass is 452 g/mol. The zero-order chi connectivity index (χ0) is 23.5. The Kier molecular flexibility index (Phi) is 6.77. The van der Waals surface area contributed by atoms with Crippen molar-refractivity contribution in [3.05, 3.63) is 53.1 Å². The van der Waals surface area contributed by atoms with E-state index in [9.17, 15) is 9.59 Å². The molecule has 2 amide bonds. The van der Waals surface area contributed by atoms with E-state index in [1.807, 2.05) is 41.3 Å². The summed E-state index contributed by atoms with van der Waals surface area (Å²) in [5.41, 5.74) is 2.44. The molecule has 0 bridgehead atoms. The largest absolute Gasteiger partial charge is 0.493 e. The SMILES string of the molecule is COc1cc(C(CC(=O)N2CCC(C)CC2)N2Cc3ccccc3C2=O)cc(OC)c1OC. The molecule has 2 aromatic rings. The van der Waals surface area contributed by atoms with Gasteiger partial charge in [-0.2, -0.15) is 0 Å². The van der Waals surface area contributed by atoms with Gasteiger partial charge in [0, 0.05) is 25.2 Å². The van der Waals surface area contributed by atoms with E-state index in [1.165, 1.54) is 0 Å². The molecule has 0 N–H and O–H groups in total. The summed E-state index contributed by atoms with van der Waals surface area (Å²) in [6.45, 7) is 4.20. The average Bonchev–Trinajstić information content (AvgIpc) is 3.18. The summed E-state index contributed by atoms with van der Waals surface area (Å²) in [6.07, 6.45) is 2.22. The molecule has 0 aromatic heterocycles. The molecule has 7 heteroatoms. The van der Waals surface area contributed by atoms with Gasteiger partial charge in [0.25, 0.3) is 5.91 Å². The summed E-state index contributed by atoms with van der Waals surface area (Å²) in [7, 11) is 4.68. The second-order valence-corrected chi connectivity index (χ2v) is 8.83. The molecule has 2 aromatic carbocycles. The van der Waals surface area contributed by atoms with Crippen molar-refractivity contribution >= 4 is 11.8 Å². The van der Waals surface area contributed by atoms with Crippen molar-refractivity contribution in [2.75, 3.05) is 34.4 Å². The maximum Gasteiger partial charge on any atom is 0.255 e. The van der Waals surface area contributed by atoms with Crippen molar-refractivity contribution in [1.82, 2.24) is 9.80 Å². The minimum absolute atomic E-state index is 0.0596. The molecule has 1 atom stereocenters. The number of nitrogens with zero attached hydrogens (tertiary/aromatic N) is 2. The van der Waals surface area contributed by atoms with Crippen LogP contribution >= 0.6 is 0 Å². The van der Waals surface area contributed by atoms with Gasteiger partial charge in [0.05, 0.1) is 33.8 Å². The lowest BCUT2D eigenvalue weighted by molar-refractivity contribution is -0.133. The number of likely N-dealkylation sites (tertiary alicyclic amines) is 1. The van der Waals surface area contributed by atoms with E-state index >= 15 is 0 Å². The maximum atomic E-state index is 13.4. The Labute approximate surface area is 195 Å². The van der Waals surface area contributed by atoms with Crippen LogP contribution in [0.5, 0.6) is 17.2 Å². The molecule has 176 valence electrons. The fraction of sp³-hybridized carbons (Fsp3) is 0.462. The number of piperidine rings is 1. The lowest BCUT2D eigenvalue weighted by Crippen LogP contribution is -2.40. The second kappa shape index (κ2) is 9.73. The number of fused-ring (bicyclic) bond motifs is 1. The highest BCUT2D eigenvalue weighted by molar-refractivity contribution is 5.99. The normalized spacial score (nSPS) is 17.0. The summed E-state index contributed by atoms with van der Waals surface area (Å²) in [5.74, 6) is 2.11. The van der Waals surface area contributed by atoms with Crippen molar-refractivity contribution in [1.29, 1.82) is 0 Å². The van der Waals surface area contributed by atoms with Gasteiger partial charge in [-0.05, 0) is 48.1 Å². The van der Waals surface area contributed by atoms with Crippen molar-refractivity contribution in [2.45, 2.75) is 38.8 Å². The van der Waals surface area contributed by atoms with Gasteiger partial charge in [-0.1, -0.05) is 25.1 Å². The molecule has 33 heavy (non-hydrogen) atoms. The Hall–Kier alpha value is -3.22. The molecule has 1 saturated heterocycles. The molecule has 0 radical (unpaired) electrons. The van der Waals surface area contributed by atoms with Crippen molar-refractivity contribution in [3.8, 4) is 17.2 Å². The Bertz CT molecular complexity index is 1000. The molecule has 0 saturated carbocycles. The third-order valence-corrected chi connectivity index (χ3v) is 6.80. The number of methoxy groups -OCH3 is 3. The van der Waals surface area contributed by atoms with E-state index in [1.54, 1.807) is 26.2 Å². The molecular formula is C26H32N2O5. The lowest BCUT2D eigenvalue weighted by atomic mass is 9.96. The second-order valence-electron chi connectivity index (χ2n) is 8.83. The summed E-state index contributed by atoms with van der Waals surface area (Å²) < 4.78 is 16.6. The van der Waals surface area contributed by atoms with Crippen molar-refractivity contribution in [3.63, 3.8) is 0 Å². The predicted octanol–water partition coefficient (Wildman–Crippen LogP) is 4.06. The Morgan fingerprint density at radius 2 is 1.67 bits per heavy atom. The van der Waals surface area contributed by atoms with E-state index < -0.39 is 6.04 Å². The fourth-order valence-electron chi connectivity index (χ4n) is 4.78. The van der Waals surface area contributed by atoms with Crippen LogP contribution in [0.4, 0.5) is 0 Å². The van der Waals surface area contributed by atoms with Crippen LogP contribution in [0.1, 0.15) is 53.7 Å². The van der Waals surface area contributed by atoms with Crippen LogP contribution in [0.15, 0.2) is 36.4 Å². The lowest BCUT2D eigenvalue weighted by Gasteiger charge is -2.34. The molecule has 7 nitrogen and oxygen atoms in total. The number of carbonyl (C=O) groups is 2. The van der Waals surface area contributed by atoms with Gasteiger partial charge < -0.3 is 24.0 Å². The number of hydrogen-bond acceptors (Lipinski definition) is 5. The number of amides is 2. The van der Waals surface area contributed by atoms with E-state index in [0.29, 0.717) is 35.3 Å². The third-order valence-electron chi connectivity index (χ3n) is 6.80. The summed E-state index contributed by atoms with van der Waals surface area (Å²) >= 11 is 0. The minimum Gasteiger partial charge on any atom is -0.493 e. The first-order valence-electron chi connectivity index (χ1n) is 11.4. The van der Waals surface area contributed by atoms with Crippen LogP contribution in [0.2, 0.25) is 0 Å². The number of carbonyl (C=O) groups excluding carboxylic acids is 2. The van der Waals surface area contributed by atoms with Crippen molar-refractivity contribution < 1.29 is 23.8 Å². The molecule has 0 spiro atoms. The quantitative estimate of drug-likeness (QED) is 0.634. The Balaban J connectivity index is 1.71. The highest BCUT2D eigenvalue weighted by Gasteiger charge is 2.36. The van der Waals surface area contributed by atoms with Gasteiger partial charge in [0.2, 0.25) is 11.7 Å². The van der Waals surface area contributed by atoms with Gasteiger partial charge in [-0.15, -0.1) is 0 Å². The molecule has 0 aliphatic carbocycles. The molecule has 2 aliphatic heterocycles. The third kappa shape index (κ3) is 4.49. The van der Waals surface area contributed by atoms with Crippen LogP contribution < -0.4 is 14.2 Å². The first-order chi connectivity index (χ1) is 16.0. The standard InChI is InChI=1S/C26H32N2O5/c1-17-9-11-27(12-10-17)24(29)15-21(28-16-18-7-5-6-8-20(18)26(28)30)19-13-22(31-2)25(33-4)23(14-19)32-3/h5-8,13-14,17,21H,9-12,15-16H2,1-4H3. The fourth-order valence-corrected chi connectivity index (χ4v) is 4.78. The first kappa shape index (κ1) is 23.0. The van der Waals surface area contributed by atoms with Gasteiger partial charge in [-0.3, -0.25) is 9.59 Å². The van der Waals surface area contributed by atoms with E-state index in [4.69, 9.17) is 14.2 Å². The van der Waals surface area contributed by atoms with Crippen LogP contribution in [-0.2, 0) is 11.3 Å². The zero-order valence-electron chi connectivity index (χ0n) is 19.8. The molecule has 2 aliphatic rings. The molecule has 1 fully saturated rings. The highest BCUT2D eigenvalue weighted by Crippen LogP contribution is 2.43. The zero-order valence-corrected chi connectivity index (χ0v) is 19.8. The van der Waals surface area contributed by atoms with Gasteiger partial charge in [0.15, 0.2) is 11.5 Å². The van der Waals surface area contributed by atoms with E-state index in [-0.39, 0.29) is 18.2 Å². The highest BCUT2D eigenvalue weighted by atomic mass is 16.5. The first-order valence-corrected chi connectivity index (χ1v) is 11.4. The number of hydrogen-bond donors (Lipinski definition) is 0. The van der Waals surface area contributed by atoms with Crippen LogP contribution in [0.3, 0.4) is 0 Å². The molecule has 1 unspecified atom stereocenters. The maximum absolute atomic E-state index is 13.4. The predicted molar refractivity (Wildman–Crippen MR) is 125 cm³/mol. The topological polar surface area (TPSA) is 68.3 Å². The smallest absolute Gasteiger partial charge is 0.255 e. The number of benzene rings is 2. The average molecular weight is 453 g/mol. The van der Waals surface area contributed by atoms with Gasteiger partial charge in [0.1, 0.15) is 0 Å². The number of rotatable bonds is 7. The summed E-state index contributed by atoms with van der Waals surface area (Å²) in [4.78, 5) is 30.4. The van der Waals surface area contributed by atoms with Crippen LogP contribution in [-0.4, -0.2) is 56.0 Å². The molecular weight excluding hydrogens is 420 g/mol. The van der Waals surface area contributed by atoms with E-state index in [0.717, 1.165) is 37.1 Å². The van der Waals surface area contributed by atoms with Crippen LogP contribution in [0.25, 0.3) is 0 Å². The summed E-state index contributed by atoms with van der Waals surface area (Å²) in [6, 6.07) is 10.8. The minimum atomic E-state index is -0.453. The Morgan fingerprint density at radius 1 is 1.03 bits per heavy atom. The summed E-state index contributed by atoms with van der Waals surface area (Å²) in [5, 5.41) is 0.